The second-order valence-electron chi connectivity index (χ2n) is 5.47. The molecular formula is C13H22N2O2S. The Morgan fingerprint density at radius 1 is 1.56 bits per heavy atom. The van der Waals surface area contributed by atoms with Gasteiger partial charge in [-0.05, 0) is 41.7 Å². The molecule has 1 heterocycles. The molecule has 0 saturated carbocycles. The van der Waals surface area contributed by atoms with Crippen LogP contribution in [-0.2, 0) is 16.1 Å². The van der Waals surface area contributed by atoms with Crippen LogP contribution < -0.4 is 0 Å². The van der Waals surface area contributed by atoms with Gasteiger partial charge in [-0.25, -0.2) is 4.98 Å². The van der Waals surface area contributed by atoms with E-state index < -0.39 is 5.60 Å². The van der Waals surface area contributed by atoms with Crippen LogP contribution in [0.3, 0.4) is 0 Å². The number of ether oxygens (including phenoxy) is 1. The van der Waals surface area contributed by atoms with Crippen LogP contribution in [0.2, 0.25) is 0 Å². The van der Waals surface area contributed by atoms with Gasteiger partial charge >= 0.3 is 5.97 Å². The van der Waals surface area contributed by atoms with Crippen LogP contribution in [0.1, 0.15) is 37.6 Å². The van der Waals surface area contributed by atoms with Gasteiger partial charge in [0, 0.05) is 17.6 Å². The second kappa shape index (κ2) is 5.80. The summed E-state index contributed by atoms with van der Waals surface area (Å²) in [5.41, 5.74) is -0.437. The fourth-order valence-electron chi connectivity index (χ4n) is 1.43. The van der Waals surface area contributed by atoms with E-state index in [1.54, 1.807) is 11.3 Å². The minimum atomic E-state index is -0.437. The number of thiazole rings is 1. The van der Waals surface area contributed by atoms with Gasteiger partial charge in [-0.2, -0.15) is 0 Å². The molecule has 1 atom stereocenters. The second-order valence-corrected chi connectivity index (χ2v) is 6.79. The lowest BCUT2D eigenvalue weighted by atomic mass is 10.2. The van der Waals surface area contributed by atoms with Crippen LogP contribution in [0, 0.1) is 6.92 Å². The fourth-order valence-corrected chi connectivity index (χ4v) is 2.29. The van der Waals surface area contributed by atoms with Crippen LogP contribution in [0.25, 0.3) is 0 Å². The highest BCUT2D eigenvalue weighted by Gasteiger charge is 2.24. The zero-order valence-electron chi connectivity index (χ0n) is 12.0. The number of likely N-dealkylation sites (N-methyl/N-ethyl adjacent to an activating group) is 1. The molecule has 4 nitrogen and oxygen atoms in total. The molecule has 0 fully saturated rings. The van der Waals surface area contributed by atoms with Crippen LogP contribution in [-0.4, -0.2) is 34.5 Å². The Morgan fingerprint density at radius 2 is 2.17 bits per heavy atom. The zero-order valence-corrected chi connectivity index (χ0v) is 12.8. The molecule has 0 aliphatic carbocycles. The fraction of sp³-hybridized carbons (Fsp3) is 0.692. The molecule has 0 aliphatic rings. The lowest BCUT2D eigenvalue weighted by molar-refractivity contribution is -0.160. The lowest BCUT2D eigenvalue weighted by Gasteiger charge is -2.27. The average molecular weight is 270 g/mol. The molecule has 0 amide bonds. The third kappa shape index (κ3) is 4.74. The average Bonchev–Trinajstić information content (AvgIpc) is 2.60. The maximum atomic E-state index is 11.9. The molecule has 1 aromatic rings. The van der Waals surface area contributed by atoms with Crippen LogP contribution >= 0.6 is 11.3 Å². The molecule has 0 aliphatic heterocycles. The van der Waals surface area contributed by atoms with Gasteiger partial charge in [0.05, 0.1) is 5.01 Å². The third-order valence-corrected chi connectivity index (χ3v) is 3.38. The third-order valence-electron chi connectivity index (χ3n) is 2.48. The molecule has 0 spiro atoms. The first-order valence-corrected chi connectivity index (χ1v) is 6.85. The number of hydrogen-bond acceptors (Lipinski definition) is 5. The summed E-state index contributed by atoms with van der Waals surface area (Å²) in [6, 6.07) is -0.258. The highest BCUT2D eigenvalue weighted by atomic mass is 32.1. The number of aryl methyl sites for hydroxylation is 1. The Morgan fingerprint density at radius 3 is 2.61 bits per heavy atom. The molecule has 18 heavy (non-hydrogen) atoms. The summed E-state index contributed by atoms with van der Waals surface area (Å²) < 4.78 is 5.37. The van der Waals surface area contributed by atoms with Gasteiger partial charge in [0.1, 0.15) is 11.6 Å². The summed E-state index contributed by atoms with van der Waals surface area (Å²) in [7, 11) is 1.92. The summed E-state index contributed by atoms with van der Waals surface area (Å²) in [6.45, 7) is 10.2. The first kappa shape index (κ1) is 15.1. The van der Waals surface area contributed by atoms with E-state index in [-0.39, 0.29) is 12.0 Å². The van der Waals surface area contributed by atoms with E-state index in [4.69, 9.17) is 4.74 Å². The minimum Gasteiger partial charge on any atom is -0.459 e. The van der Waals surface area contributed by atoms with E-state index in [1.165, 1.54) is 0 Å². The van der Waals surface area contributed by atoms with Crippen molar-refractivity contribution in [3.05, 3.63) is 16.1 Å². The molecule has 5 heteroatoms. The SMILES string of the molecule is Cc1ncc(CN(C)C(C)C(=O)OC(C)(C)C)s1. The van der Waals surface area contributed by atoms with E-state index in [1.807, 2.05) is 52.8 Å². The molecule has 102 valence electrons. The molecule has 0 aromatic carbocycles. The first-order valence-electron chi connectivity index (χ1n) is 6.03. The van der Waals surface area contributed by atoms with Gasteiger partial charge in [-0.15, -0.1) is 11.3 Å². The van der Waals surface area contributed by atoms with E-state index in [0.29, 0.717) is 6.54 Å². The van der Waals surface area contributed by atoms with Crippen LogP contribution in [0.5, 0.6) is 0 Å². The van der Waals surface area contributed by atoms with Gasteiger partial charge in [-0.1, -0.05) is 0 Å². The molecule has 0 N–H and O–H groups in total. The van der Waals surface area contributed by atoms with Crippen molar-refractivity contribution < 1.29 is 9.53 Å². The van der Waals surface area contributed by atoms with Gasteiger partial charge in [0.2, 0.25) is 0 Å². The van der Waals surface area contributed by atoms with E-state index >= 15 is 0 Å². The summed E-state index contributed by atoms with van der Waals surface area (Å²) in [5.74, 6) is -0.189. The Balaban J connectivity index is 2.55. The molecule has 1 rings (SSSR count). The summed E-state index contributed by atoms with van der Waals surface area (Å²) in [6.07, 6.45) is 1.86. The van der Waals surface area contributed by atoms with E-state index in [0.717, 1.165) is 9.88 Å². The molecule has 0 bridgehead atoms. The number of aromatic nitrogens is 1. The van der Waals surface area contributed by atoms with Crippen LogP contribution in [0.4, 0.5) is 0 Å². The smallest absolute Gasteiger partial charge is 0.323 e. The molecular weight excluding hydrogens is 248 g/mol. The topological polar surface area (TPSA) is 42.4 Å². The predicted molar refractivity (Wildman–Crippen MR) is 73.6 cm³/mol. The largest absolute Gasteiger partial charge is 0.459 e. The maximum Gasteiger partial charge on any atom is 0.323 e. The zero-order chi connectivity index (χ0) is 13.9. The minimum absolute atomic E-state index is 0.189. The molecule has 0 radical (unpaired) electrons. The van der Waals surface area contributed by atoms with Crippen LogP contribution in [0.15, 0.2) is 6.20 Å². The Kier molecular flexibility index (Phi) is 4.87. The normalized spacial score (nSPS) is 13.7. The van der Waals surface area contributed by atoms with Gasteiger partial charge < -0.3 is 4.74 Å². The molecule has 1 unspecified atom stereocenters. The van der Waals surface area contributed by atoms with E-state index in [2.05, 4.69) is 4.98 Å². The summed E-state index contributed by atoms with van der Waals surface area (Å²) in [4.78, 5) is 19.3. The summed E-state index contributed by atoms with van der Waals surface area (Å²) in [5, 5.41) is 1.04. The predicted octanol–water partition coefficient (Wildman–Crippen LogP) is 2.61. The number of rotatable bonds is 4. The Labute approximate surface area is 113 Å². The van der Waals surface area contributed by atoms with Crippen molar-refractivity contribution in [3.8, 4) is 0 Å². The summed E-state index contributed by atoms with van der Waals surface area (Å²) >= 11 is 1.65. The van der Waals surface area contributed by atoms with Crippen molar-refractivity contribution in [3.63, 3.8) is 0 Å². The van der Waals surface area contributed by atoms with Crippen molar-refractivity contribution >= 4 is 17.3 Å². The number of nitrogens with zero attached hydrogens (tertiary/aromatic N) is 2. The standard InChI is InChI=1S/C13H22N2O2S/c1-9(12(16)17-13(3,4)5)15(6)8-11-7-14-10(2)18-11/h7,9H,8H2,1-6H3. The molecule has 1 aromatic heterocycles. The number of carbonyl (C=O) groups excluding carboxylic acids is 1. The van der Waals surface area contributed by atoms with Gasteiger partial charge in [0.25, 0.3) is 0 Å². The maximum absolute atomic E-state index is 11.9. The Bertz CT molecular complexity index is 409. The molecule has 0 saturated heterocycles. The van der Waals surface area contributed by atoms with Gasteiger partial charge in [-0.3, -0.25) is 9.69 Å². The quantitative estimate of drug-likeness (QED) is 0.789. The number of carbonyl (C=O) groups is 1. The van der Waals surface area contributed by atoms with E-state index in [9.17, 15) is 4.79 Å². The highest BCUT2D eigenvalue weighted by Crippen LogP contribution is 2.16. The van der Waals surface area contributed by atoms with Crippen molar-refractivity contribution in [2.24, 2.45) is 0 Å². The Hall–Kier alpha value is -0.940. The van der Waals surface area contributed by atoms with Gasteiger partial charge in [0.15, 0.2) is 0 Å². The first-order chi connectivity index (χ1) is 8.19. The van der Waals surface area contributed by atoms with Crippen molar-refractivity contribution in [2.75, 3.05) is 7.05 Å². The van der Waals surface area contributed by atoms with Crippen molar-refractivity contribution in [1.29, 1.82) is 0 Å². The highest BCUT2D eigenvalue weighted by molar-refractivity contribution is 7.11. The lowest BCUT2D eigenvalue weighted by Crippen LogP contribution is -2.39. The number of esters is 1. The number of hydrogen-bond donors (Lipinski definition) is 0. The van der Waals surface area contributed by atoms with Crippen molar-refractivity contribution in [2.45, 2.75) is 52.8 Å². The van der Waals surface area contributed by atoms with Crippen molar-refractivity contribution in [1.82, 2.24) is 9.88 Å². The monoisotopic (exact) mass is 270 g/mol.